The van der Waals surface area contributed by atoms with Gasteiger partial charge in [0.05, 0.1) is 16.7 Å². The first-order chi connectivity index (χ1) is 13.7. The molecule has 2 aromatic heterocycles. The van der Waals surface area contributed by atoms with Gasteiger partial charge in [0.25, 0.3) is 0 Å². The number of para-hydroxylation sites is 2. The molecular formula is C22H15ClN4S. The van der Waals surface area contributed by atoms with E-state index in [4.69, 9.17) is 16.6 Å². The van der Waals surface area contributed by atoms with Gasteiger partial charge in [-0.1, -0.05) is 48.0 Å². The van der Waals surface area contributed by atoms with E-state index in [1.807, 2.05) is 60.7 Å². The highest BCUT2D eigenvalue weighted by atomic mass is 35.5. The molecule has 3 aromatic carbocycles. The summed E-state index contributed by atoms with van der Waals surface area (Å²) in [7, 11) is 0. The minimum absolute atomic E-state index is 0.729. The zero-order valence-electron chi connectivity index (χ0n) is 14.7. The van der Waals surface area contributed by atoms with Gasteiger partial charge in [-0.25, -0.2) is 9.97 Å². The van der Waals surface area contributed by atoms with Crippen molar-refractivity contribution in [3.8, 4) is 21.8 Å². The van der Waals surface area contributed by atoms with Gasteiger partial charge < -0.3 is 10.3 Å². The molecule has 0 aliphatic carbocycles. The van der Waals surface area contributed by atoms with Crippen molar-refractivity contribution in [1.29, 1.82) is 0 Å². The lowest BCUT2D eigenvalue weighted by molar-refractivity contribution is 1.31. The Kier molecular flexibility index (Phi) is 4.31. The molecule has 6 heteroatoms. The van der Waals surface area contributed by atoms with Crippen LogP contribution < -0.4 is 5.32 Å². The third kappa shape index (κ3) is 3.38. The van der Waals surface area contributed by atoms with Gasteiger partial charge in [-0.15, -0.1) is 11.3 Å². The first-order valence-electron chi connectivity index (χ1n) is 8.78. The summed E-state index contributed by atoms with van der Waals surface area (Å²) in [4.78, 5) is 12.6. The number of anilines is 2. The molecule has 5 rings (SSSR count). The van der Waals surface area contributed by atoms with Crippen molar-refractivity contribution in [3.05, 3.63) is 83.2 Å². The first-order valence-corrected chi connectivity index (χ1v) is 10.0. The number of thiazole rings is 1. The Balaban J connectivity index is 1.35. The molecule has 0 aliphatic heterocycles. The molecule has 0 unspecified atom stereocenters. The predicted molar refractivity (Wildman–Crippen MR) is 117 cm³/mol. The summed E-state index contributed by atoms with van der Waals surface area (Å²) in [5, 5.41) is 7.10. The summed E-state index contributed by atoms with van der Waals surface area (Å²) in [6.07, 6.45) is 0. The van der Waals surface area contributed by atoms with Crippen LogP contribution in [0.25, 0.3) is 32.9 Å². The van der Waals surface area contributed by atoms with E-state index < -0.39 is 0 Å². The normalized spacial score (nSPS) is 11.0. The van der Waals surface area contributed by atoms with Crippen LogP contribution in [0.2, 0.25) is 5.02 Å². The number of halogens is 1. The number of aromatic amines is 1. The smallest absolute Gasteiger partial charge is 0.205 e. The second-order valence-corrected chi connectivity index (χ2v) is 7.64. The van der Waals surface area contributed by atoms with E-state index >= 15 is 0 Å². The summed E-state index contributed by atoms with van der Waals surface area (Å²) in [5.41, 5.74) is 6.04. The Labute approximate surface area is 170 Å². The summed E-state index contributed by atoms with van der Waals surface area (Å²) in [6.45, 7) is 0. The maximum Gasteiger partial charge on any atom is 0.205 e. The van der Waals surface area contributed by atoms with E-state index in [-0.39, 0.29) is 0 Å². The largest absolute Gasteiger partial charge is 0.326 e. The van der Waals surface area contributed by atoms with Crippen LogP contribution in [0, 0.1) is 0 Å². The van der Waals surface area contributed by atoms with Gasteiger partial charge in [-0.3, -0.25) is 0 Å². The Morgan fingerprint density at radius 3 is 2.36 bits per heavy atom. The van der Waals surface area contributed by atoms with Crippen molar-refractivity contribution in [2.45, 2.75) is 0 Å². The Bertz CT molecular complexity index is 1210. The maximum atomic E-state index is 5.97. The fraction of sp³-hybridized carbons (Fsp3) is 0. The fourth-order valence-electron chi connectivity index (χ4n) is 3.00. The minimum atomic E-state index is 0.729. The summed E-state index contributed by atoms with van der Waals surface area (Å²) in [6, 6.07) is 23.9. The van der Waals surface area contributed by atoms with E-state index in [1.54, 1.807) is 11.3 Å². The molecule has 0 radical (unpaired) electrons. The number of benzene rings is 3. The molecule has 0 saturated carbocycles. The molecule has 0 bridgehead atoms. The number of nitrogens with one attached hydrogen (secondary N) is 2. The van der Waals surface area contributed by atoms with Gasteiger partial charge in [-0.2, -0.15) is 0 Å². The highest BCUT2D eigenvalue weighted by Crippen LogP contribution is 2.30. The number of rotatable bonds is 4. The van der Waals surface area contributed by atoms with E-state index in [0.29, 0.717) is 0 Å². The van der Waals surface area contributed by atoms with E-state index in [0.717, 1.165) is 49.5 Å². The van der Waals surface area contributed by atoms with Crippen LogP contribution in [-0.2, 0) is 0 Å². The lowest BCUT2D eigenvalue weighted by Crippen LogP contribution is -1.92. The van der Waals surface area contributed by atoms with Crippen LogP contribution >= 0.6 is 22.9 Å². The van der Waals surface area contributed by atoms with Gasteiger partial charge in [-0.05, 0) is 36.4 Å². The van der Waals surface area contributed by atoms with Crippen molar-refractivity contribution in [2.75, 3.05) is 5.32 Å². The highest BCUT2D eigenvalue weighted by Gasteiger charge is 2.08. The van der Waals surface area contributed by atoms with Crippen LogP contribution in [0.3, 0.4) is 0 Å². The predicted octanol–water partition coefficient (Wildman–Crippen LogP) is 6.75. The molecule has 28 heavy (non-hydrogen) atoms. The molecule has 2 heterocycles. The van der Waals surface area contributed by atoms with Crippen molar-refractivity contribution in [3.63, 3.8) is 0 Å². The van der Waals surface area contributed by atoms with Crippen LogP contribution in [-0.4, -0.2) is 15.0 Å². The molecule has 5 aromatic rings. The van der Waals surface area contributed by atoms with Gasteiger partial charge in [0.15, 0.2) is 0 Å². The third-order valence-corrected chi connectivity index (χ3v) is 5.57. The molecule has 0 amide bonds. The Morgan fingerprint density at radius 1 is 0.821 bits per heavy atom. The molecule has 4 nitrogen and oxygen atoms in total. The van der Waals surface area contributed by atoms with Crippen LogP contribution in [0.15, 0.2) is 78.2 Å². The molecule has 0 aliphatic rings. The third-order valence-electron chi connectivity index (χ3n) is 4.43. The number of aromatic nitrogens is 3. The first kappa shape index (κ1) is 17.0. The number of fused-ring (bicyclic) bond motifs is 1. The van der Waals surface area contributed by atoms with Crippen LogP contribution in [0.1, 0.15) is 0 Å². The lowest BCUT2D eigenvalue weighted by Gasteiger charge is -2.03. The average molecular weight is 403 g/mol. The second-order valence-electron chi connectivity index (χ2n) is 6.35. The van der Waals surface area contributed by atoms with Crippen molar-refractivity contribution in [1.82, 2.24) is 15.0 Å². The molecular weight excluding hydrogens is 388 g/mol. The number of nitrogens with zero attached hydrogens (tertiary/aromatic N) is 2. The quantitative estimate of drug-likeness (QED) is 0.349. The van der Waals surface area contributed by atoms with Gasteiger partial charge >= 0.3 is 0 Å². The second kappa shape index (κ2) is 7.11. The van der Waals surface area contributed by atoms with E-state index in [2.05, 4.69) is 32.8 Å². The van der Waals surface area contributed by atoms with E-state index in [9.17, 15) is 0 Å². The summed E-state index contributed by atoms with van der Waals surface area (Å²) < 4.78 is 0. The molecule has 0 spiro atoms. The monoisotopic (exact) mass is 402 g/mol. The highest BCUT2D eigenvalue weighted by molar-refractivity contribution is 7.13. The van der Waals surface area contributed by atoms with Crippen LogP contribution in [0.5, 0.6) is 0 Å². The van der Waals surface area contributed by atoms with Crippen molar-refractivity contribution in [2.24, 2.45) is 0 Å². The standard InChI is InChI=1S/C22H15ClN4S/c23-16-9-5-15(6-10-16)21-25-20(13-28-21)14-7-11-17(12-8-14)24-22-26-18-3-1-2-4-19(18)27-22/h1-13H,(H2,24,26,27). The van der Waals surface area contributed by atoms with Gasteiger partial charge in [0.2, 0.25) is 5.95 Å². The van der Waals surface area contributed by atoms with E-state index in [1.165, 1.54) is 0 Å². The van der Waals surface area contributed by atoms with Gasteiger partial charge in [0, 0.05) is 27.2 Å². The number of H-pyrrole nitrogens is 1. The number of imidazole rings is 1. The fourth-order valence-corrected chi connectivity index (χ4v) is 3.97. The molecule has 0 atom stereocenters. The molecule has 2 N–H and O–H groups in total. The summed E-state index contributed by atoms with van der Waals surface area (Å²) in [5.74, 6) is 0.729. The minimum Gasteiger partial charge on any atom is -0.326 e. The average Bonchev–Trinajstić information content (AvgIpc) is 3.36. The topological polar surface area (TPSA) is 53.6 Å². The molecule has 0 fully saturated rings. The zero-order valence-corrected chi connectivity index (χ0v) is 16.3. The lowest BCUT2D eigenvalue weighted by atomic mass is 10.1. The summed E-state index contributed by atoms with van der Waals surface area (Å²) >= 11 is 7.59. The van der Waals surface area contributed by atoms with Crippen LogP contribution in [0.4, 0.5) is 11.6 Å². The Hall–Kier alpha value is -3.15. The number of hydrogen-bond donors (Lipinski definition) is 2. The Morgan fingerprint density at radius 2 is 1.57 bits per heavy atom. The van der Waals surface area contributed by atoms with Gasteiger partial charge in [0.1, 0.15) is 5.01 Å². The molecule has 136 valence electrons. The molecule has 0 saturated heterocycles. The van der Waals surface area contributed by atoms with Crippen molar-refractivity contribution >= 4 is 45.6 Å². The maximum absolute atomic E-state index is 5.97. The number of hydrogen-bond acceptors (Lipinski definition) is 4. The van der Waals surface area contributed by atoms with Crippen molar-refractivity contribution < 1.29 is 0 Å². The zero-order chi connectivity index (χ0) is 18.9. The SMILES string of the molecule is Clc1ccc(-c2nc(-c3ccc(Nc4nc5ccccc5[nH]4)cc3)cs2)cc1.